The Bertz CT molecular complexity index is 832. The number of methoxy groups -OCH3 is 1. The highest BCUT2D eigenvalue weighted by molar-refractivity contribution is 5.94. The fourth-order valence-electron chi connectivity index (χ4n) is 3.56. The van der Waals surface area contributed by atoms with Crippen LogP contribution in [-0.2, 0) is 6.42 Å². The van der Waals surface area contributed by atoms with E-state index in [9.17, 15) is 9.90 Å². The zero-order valence-electron chi connectivity index (χ0n) is 17.5. The number of rotatable bonds is 9. The molecule has 3 rings (SSSR count). The number of ether oxygens (including phenoxy) is 2. The highest BCUT2D eigenvalue weighted by atomic mass is 16.5. The Morgan fingerprint density at radius 2 is 1.87 bits per heavy atom. The van der Waals surface area contributed by atoms with Crippen LogP contribution in [0.3, 0.4) is 0 Å². The van der Waals surface area contributed by atoms with Crippen molar-refractivity contribution >= 4 is 5.91 Å². The number of hydrogen-bond acceptors (Lipinski definition) is 5. The van der Waals surface area contributed by atoms with E-state index < -0.39 is 6.10 Å². The Balaban J connectivity index is 1.44. The van der Waals surface area contributed by atoms with Crippen LogP contribution in [0.15, 0.2) is 61.2 Å². The van der Waals surface area contributed by atoms with Crippen molar-refractivity contribution in [3.05, 3.63) is 72.3 Å². The van der Waals surface area contributed by atoms with Crippen LogP contribution in [0.5, 0.6) is 11.5 Å². The summed E-state index contributed by atoms with van der Waals surface area (Å²) in [6, 6.07) is 15.1. The maximum Gasteiger partial charge on any atom is 0.253 e. The molecule has 1 N–H and O–H groups in total. The van der Waals surface area contributed by atoms with Gasteiger partial charge in [-0.1, -0.05) is 30.3 Å². The van der Waals surface area contributed by atoms with E-state index in [0.717, 1.165) is 25.1 Å². The third-order valence-electron chi connectivity index (χ3n) is 5.19. The number of amides is 1. The first-order chi connectivity index (χ1) is 14.6. The van der Waals surface area contributed by atoms with Gasteiger partial charge < -0.3 is 19.5 Å². The molecule has 2 aromatic rings. The number of β-amino-alcohol motifs (C(OH)–C–C–N with tert-alkyl or cyclic N) is 1. The number of benzene rings is 2. The smallest absolute Gasteiger partial charge is 0.253 e. The molecule has 30 heavy (non-hydrogen) atoms. The molecule has 1 amide bonds. The molecule has 0 aliphatic carbocycles. The largest absolute Gasteiger partial charge is 0.493 e. The Labute approximate surface area is 178 Å². The molecule has 1 aliphatic heterocycles. The Kier molecular flexibility index (Phi) is 7.88. The first-order valence-electron chi connectivity index (χ1n) is 10.3. The average molecular weight is 411 g/mol. The van der Waals surface area contributed by atoms with Crippen LogP contribution in [0, 0.1) is 0 Å². The molecule has 6 heteroatoms. The van der Waals surface area contributed by atoms with Gasteiger partial charge in [-0.05, 0) is 36.2 Å². The molecule has 2 aromatic carbocycles. The molecule has 0 bridgehead atoms. The van der Waals surface area contributed by atoms with E-state index >= 15 is 0 Å². The second-order valence-electron chi connectivity index (χ2n) is 7.40. The maximum atomic E-state index is 12.5. The topological polar surface area (TPSA) is 62.2 Å². The van der Waals surface area contributed by atoms with E-state index in [1.807, 2.05) is 59.5 Å². The van der Waals surface area contributed by atoms with Gasteiger partial charge in [0.25, 0.3) is 5.91 Å². The average Bonchev–Trinajstić information content (AvgIpc) is 2.79. The first-order valence-corrected chi connectivity index (χ1v) is 10.3. The Morgan fingerprint density at radius 1 is 1.13 bits per heavy atom. The van der Waals surface area contributed by atoms with Crippen molar-refractivity contribution in [3.63, 3.8) is 0 Å². The fraction of sp³-hybridized carbons (Fsp3) is 0.375. The molecule has 160 valence electrons. The summed E-state index contributed by atoms with van der Waals surface area (Å²) < 4.78 is 11.2. The molecule has 1 aliphatic rings. The monoisotopic (exact) mass is 410 g/mol. The molecule has 1 heterocycles. The number of allylic oxidation sites excluding steroid dienone is 1. The molecule has 1 fully saturated rings. The zero-order chi connectivity index (χ0) is 21.3. The summed E-state index contributed by atoms with van der Waals surface area (Å²) in [4.78, 5) is 16.6. The molecule has 1 atom stereocenters. The molecule has 0 saturated carbocycles. The highest BCUT2D eigenvalue weighted by Gasteiger charge is 2.23. The van der Waals surface area contributed by atoms with Crippen LogP contribution in [0.4, 0.5) is 0 Å². The molecule has 1 unspecified atom stereocenters. The van der Waals surface area contributed by atoms with Gasteiger partial charge in [0.1, 0.15) is 12.7 Å². The fourth-order valence-corrected chi connectivity index (χ4v) is 3.56. The molecule has 0 spiro atoms. The highest BCUT2D eigenvalue weighted by Crippen LogP contribution is 2.28. The third-order valence-corrected chi connectivity index (χ3v) is 5.19. The van der Waals surface area contributed by atoms with E-state index in [1.54, 1.807) is 7.11 Å². The normalized spacial score (nSPS) is 15.5. The van der Waals surface area contributed by atoms with Crippen LogP contribution in [0.1, 0.15) is 15.9 Å². The number of carbonyl (C=O) groups excluding carboxylic acids is 1. The van der Waals surface area contributed by atoms with Crippen molar-refractivity contribution in [2.45, 2.75) is 12.5 Å². The van der Waals surface area contributed by atoms with Crippen LogP contribution in [-0.4, -0.2) is 73.4 Å². The predicted octanol–water partition coefficient (Wildman–Crippen LogP) is 2.62. The van der Waals surface area contributed by atoms with Gasteiger partial charge in [0.15, 0.2) is 11.5 Å². The standard InChI is InChI=1S/C24H30N2O4/c1-3-7-19-10-11-22(23(16-19)29-2)30-18-21(27)17-25-12-14-26(15-13-25)24(28)20-8-5-4-6-9-20/h3-6,8-11,16,21,27H,1,7,12-15,17-18H2,2H3. The van der Waals surface area contributed by atoms with Gasteiger partial charge in [0.05, 0.1) is 7.11 Å². The van der Waals surface area contributed by atoms with Gasteiger partial charge in [-0.25, -0.2) is 0 Å². The van der Waals surface area contributed by atoms with Gasteiger partial charge in [-0.3, -0.25) is 9.69 Å². The summed E-state index contributed by atoms with van der Waals surface area (Å²) in [5.74, 6) is 1.32. The van der Waals surface area contributed by atoms with Crippen molar-refractivity contribution in [1.82, 2.24) is 9.80 Å². The van der Waals surface area contributed by atoms with Gasteiger partial charge in [-0.2, -0.15) is 0 Å². The van der Waals surface area contributed by atoms with Gasteiger partial charge >= 0.3 is 0 Å². The van der Waals surface area contributed by atoms with Crippen molar-refractivity contribution in [3.8, 4) is 11.5 Å². The lowest BCUT2D eigenvalue weighted by atomic mass is 10.1. The number of carbonyl (C=O) groups is 1. The second-order valence-corrected chi connectivity index (χ2v) is 7.40. The molecule has 0 radical (unpaired) electrons. The lowest BCUT2D eigenvalue weighted by Crippen LogP contribution is -2.50. The van der Waals surface area contributed by atoms with Crippen LogP contribution >= 0.6 is 0 Å². The summed E-state index contributed by atoms with van der Waals surface area (Å²) >= 11 is 0. The van der Waals surface area contributed by atoms with Crippen LogP contribution < -0.4 is 9.47 Å². The van der Waals surface area contributed by atoms with Gasteiger partial charge in [0, 0.05) is 38.3 Å². The van der Waals surface area contributed by atoms with E-state index in [1.165, 1.54) is 0 Å². The second kappa shape index (κ2) is 10.8. The summed E-state index contributed by atoms with van der Waals surface area (Å²) in [6.45, 7) is 7.20. The van der Waals surface area contributed by atoms with Crippen LogP contribution in [0.2, 0.25) is 0 Å². The van der Waals surface area contributed by atoms with E-state index in [-0.39, 0.29) is 12.5 Å². The molecular weight excluding hydrogens is 380 g/mol. The minimum absolute atomic E-state index is 0.0612. The van der Waals surface area contributed by atoms with Crippen molar-refractivity contribution in [1.29, 1.82) is 0 Å². The predicted molar refractivity (Wildman–Crippen MR) is 117 cm³/mol. The number of nitrogens with zero attached hydrogens (tertiary/aromatic N) is 2. The molecule has 6 nitrogen and oxygen atoms in total. The summed E-state index contributed by atoms with van der Waals surface area (Å²) in [5.41, 5.74) is 1.81. The van der Waals surface area contributed by atoms with Crippen molar-refractivity contribution < 1.29 is 19.4 Å². The van der Waals surface area contributed by atoms with Gasteiger partial charge in [0.2, 0.25) is 0 Å². The minimum Gasteiger partial charge on any atom is -0.493 e. The van der Waals surface area contributed by atoms with Crippen molar-refractivity contribution in [2.75, 3.05) is 46.4 Å². The van der Waals surface area contributed by atoms with Gasteiger partial charge in [-0.15, -0.1) is 6.58 Å². The molecular formula is C24H30N2O4. The Hall–Kier alpha value is -2.83. The van der Waals surface area contributed by atoms with Crippen LogP contribution in [0.25, 0.3) is 0 Å². The molecule has 0 aromatic heterocycles. The van der Waals surface area contributed by atoms with Crippen molar-refractivity contribution in [2.24, 2.45) is 0 Å². The van der Waals surface area contributed by atoms with E-state index in [0.29, 0.717) is 36.7 Å². The molecule has 1 saturated heterocycles. The number of aliphatic hydroxyl groups excluding tert-OH is 1. The summed E-state index contributed by atoms with van der Waals surface area (Å²) in [5, 5.41) is 10.4. The summed E-state index contributed by atoms with van der Waals surface area (Å²) in [7, 11) is 1.60. The SMILES string of the molecule is C=CCc1ccc(OCC(O)CN2CCN(C(=O)c3ccccc3)CC2)c(OC)c1. The minimum atomic E-state index is -0.626. The first kappa shape index (κ1) is 21.9. The number of hydrogen-bond donors (Lipinski definition) is 1. The maximum absolute atomic E-state index is 12.5. The lowest BCUT2D eigenvalue weighted by molar-refractivity contribution is 0.0400. The summed E-state index contributed by atoms with van der Waals surface area (Å²) in [6.07, 6.45) is 1.98. The number of aliphatic hydroxyl groups is 1. The quantitative estimate of drug-likeness (QED) is 0.644. The number of piperazine rings is 1. The van der Waals surface area contributed by atoms with E-state index in [2.05, 4.69) is 11.5 Å². The Morgan fingerprint density at radius 3 is 2.53 bits per heavy atom. The third kappa shape index (κ3) is 5.84. The zero-order valence-corrected chi connectivity index (χ0v) is 17.5. The lowest BCUT2D eigenvalue weighted by Gasteiger charge is -2.35. The van der Waals surface area contributed by atoms with E-state index in [4.69, 9.17) is 9.47 Å².